The second kappa shape index (κ2) is 4.02. The van der Waals surface area contributed by atoms with E-state index in [0.717, 1.165) is 5.35 Å². The number of nitrogens with one attached hydrogen (secondary N) is 2. The largest absolute Gasteiger partial charge is 0.379 e. The Morgan fingerprint density at radius 3 is 2.53 bits per heavy atom. The summed E-state index contributed by atoms with van der Waals surface area (Å²) in [5.41, 5.74) is 2.48. The van der Waals surface area contributed by atoms with Gasteiger partial charge in [-0.15, -0.1) is 0 Å². The molecule has 1 aliphatic rings. The summed E-state index contributed by atoms with van der Waals surface area (Å²) in [6.45, 7) is 0. The number of aromatic amines is 1. The predicted molar refractivity (Wildman–Crippen MR) is 78.8 cm³/mol. The van der Waals surface area contributed by atoms with Crippen molar-refractivity contribution < 1.29 is 0 Å². The molecule has 0 spiro atoms. The smallest absolute Gasteiger partial charge is 0.0703 e. The van der Waals surface area contributed by atoms with Crippen LogP contribution in [0.3, 0.4) is 0 Å². The van der Waals surface area contributed by atoms with Crippen LogP contribution in [0.5, 0.6) is 0 Å². The van der Waals surface area contributed by atoms with E-state index in [9.17, 15) is 0 Å². The second-order valence-corrected chi connectivity index (χ2v) is 4.86. The van der Waals surface area contributed by atoms with Gasteiger partial charge in [0.25, 0.3) is 0 Å². The van der Waals surface area contributed by atoms with Gasteiger partial charge < -0.3 is 10.3 Å². The van der Waals surface area contributed by atoms with E-state index in [2.05, 4.69) is 71.1 Å². The quantitative estimate of drug-likeness (QED) is 0.675. The standard InChI is InChI=1S/C17H14N2/c1-2-6-12(7-3-1)16-10-14-13-8-4-5-9-15(13)19-17(14)11-18-16/h1-11,16,18-19H. The molecule has 0 aliphatic carbocycles. The van der Waals surface area contributed by atoms with Crippen LogP contribution >= 0.6 is 0 Å². The van der Waals surface area contributed by atoms with Gasteiger partial charge in [-0.3, -0.25) is 0 Å². The molecule has 2 aromatic carbocycles. The number of rotatable bonds is 1. The number of benzene rings is 2. The Bertz CT molecular complexity index is 844. The van der Waals surface area contributed by atoms with Crippen molar-refractivity contribution >= 4 is 23.2 Å². The zero-order chi connectivity index (χ0) is 12.7. The monoisotopic (exact) mass is 246 g/mol. The molecule has 92 valence electrons. The van der Waals surface area contributed by atoms with Gasteiger partial charge in [-0.1, -0.05) is 48.5 Å². The van der Waals surface area contributed by atoms with Crippen LogP contribution < -0.4 is 15.9 Å². The molecule has 0 amide bonds. The Hall–Kier alpha value is -2.48. The molecule has 1 aliphatic heterocycles. The maximum atomic E-state index is 3.44. The Labute approximate surface area is 111 Å². The number of para-hydroxylation sites is 1. The van der Waals surface area contributed by atoms with Crippen LogP contribution in [0, 0.1) is 0 Å². The first-order chi connectivity index (χ1) is 9.42. The molecule has 0 radical (unpaired) electrons. The van der Waals surface area contributed by atoms with E-state index in [1.165, 1.54) is 21.7 Å². The first-order valence-corrected chi connectivity index (χ1v) is 6.51. The highest BCUT2D eigenvalue weighted by Gasteiger charge is 2.11. The summed E-state index contributed by atoms with van der Waals surface area (Å²) < 4.78 is 0. The van der Waals surface area contributed by atoms with E-state index >= 15 is 0 Å². The van der Waals surface area contributed by atoms with Gasteiger partial charge in [0.2, 0.25) is 0 Å². The van der Waals surface area contributed by atoms with Crippen molar-refractivity contribution in [3.8, 4) is 0 Å². The van der Waals surface area contributed by atoms with Crippen LogP contribution in [0.4, 0.5) is 0 Å². The third-order valence-electron chi connectivity index (χ3n) is 3.68. The zero-order valence-electron chi connectivity index (χ0n) is 10.4. The zero-order valence-corrected chi connectivity index (χ0v) is 10.4. The van der Waals surface area contributed by atoms with Crippen LogP contribution in [0.2, 0.25) is 0 Å². The maximum Gasteiger partial charge on any atom is 0.0703 e. The molecule has 0 fully saturated rings. The van der Waals surface area contributed by atoms with Gasteiger partial charge in [0.1, 0.15) is 0 Å². The molecule has 2 nitrogen and oxygen atoms in total. The molecular formula is C17H14N2. The Balaban J connectivity index is 1.95. The lowest BCUT2D eigenvalue weighted by Crippen LogP contribution is -2.33. The number of fused-ring (bicyclic) bond motifs is 3. The fourth-order valence-corrected chi connectivity index (χ4v) is 2.72. The molecule has 3 aromatic rings. The number of hydrogen-bond acceptors (Lipinski definition) is 1. The first-order valence-electron chi connectivity index (χ1n) is 6.51. The van der Waals surface area contributed by atoms with E-state index in [1.807, 2.05) is 6.07 Å². The van der Waals surface area contributed by atoms with Crippen molar-refractivity contribution in [2.45, 2.75) is 6.04 Å². The van der Waals surface area contributed by atoms with Gasteiger partial charge in [0.05, 0.1) is 11.4 Å². The molecule has 0 saturated heterocycles. The lowest BCUT2D eigenvalue weighted by atomic mass is 10.0. The fraction of sp³-hybridized carbons (Fsp3) is 0.0588. The maximum absolute atomic E-state index is 3.44. The average molecular weight is 246 g/mol. The summed E-state index contributed by atoms with van der Waals surface area (Å²) in [7, 11) is 0. The predicted octanol–water partition coefficient (Wildman–Crippen LogP) is 2.03. The van der Waals surface area contributed by atoms with E-state index in [1.54, 1.807) is 0 Å². The van der Waals surface area contributed by atoms with E-state index in [4.69, 9.17) is 0 Å². The average Bonchev–Trinajstić information content (AvgIpc) is 2.86. The Kier molecular flexibility index (Phi) is 2.21. The summed E-state index contributed by atoms with van der Waals surface area (Å²) in [5, 5.41) is 7.18. The van der Waals surface area contributed by atoms with Crippen LogP contribution in [-0.4, -0.2) is 4.98 Å². The Morgan fingerprint density at radius 1 is 0.842 bits per heavy atom. The van der Waals surface area contributed by atoms with Crippen molar-refractivity contribution in [3.63, 3.8) is 0 Å². The van der Waals surface area contributed by atoms with E-state index < -0.39 is 0 Å². The third kappa shape index (κ3) is 1.65. The summed E-state index contributed by atoms with van der Waals surface area (Å²) in [5.74, 6) is 0. The second-order valence-electron chi connectivity index (χ2n) is 4.86. The highest BCUT2D eigenvalue weighted by Crippen LogP contribution is 2.16. The van der Waals surface area contributed by atoms with Crippen LogP contribution in [0.15, 0.2) is 54.6 Å². The molecule has 4 rings (SSSR count). The van der Waals surface area contributed by atoms with Crippen LogP contribution in [0.1, 0.15) is 11.6 Å². The summed E-state index contributed by atoms with van der Waals surface area (Å²) in [6.07, 6.45) is 4.37. The third-order valence-corrected chi connectivity index (χ3v) is 3.68. The summed E-state index contributed by atoms with van der Waals surface area (Å²) in [4.78, 5) is 3.44. The number of H-pyrrole nitrogens is 1. The highest BCUT2D eigenvalue weighted by atomic mass is 14.9. The number of hydrogen-bond donors (Lipinski definition) is 2. The molecule has 0 saturated carbocycles. The SMILES string of the molecule is C1=c2[nH]c3ccccc3c2=CC(c2ccccc2)N1. The summed E-state index contributed by atoms with van der Waals surface area (Å²) >= 11 is 0. The van der Waals surface area contributed by atoms with Gasteiger partial charge in [0, 0.05) is 22.3 Å². The minimum atomic E-state index is 0.243. The lowest BCUT2D eigenvalue weighted by Gasteiger charge is -2.15. The van der Waals surface area contributed by atoms with Gasteiger partial charge in [-0.05, 0) is 17.7 Å². The molecule has 2 heteroatoms. The van der Waals surface area contributed by atoms with E-state index in [-0.39, 0.29) is 6.04 Å². The van der Waals surface area contributed by atoms with Gasteiger partial charge in [-0.25, -0.2) is 0 Å². The van der Waals surface area contributed by atoms with Gasteiger partial charge in [-0.2, -0.15) is 0 Å². The fourth-order valence-electron chi connectivity index (χ4n) is 2.72. The molecular weight excluding hydrogens is 232 g/mol. The molecule has 1 unspecified atom stereocenters. The molecule has 1 aromatic heterocycles. The Morgan fingerprint density at radius 2 is 1.63 bits per heavy atom. The topological polar surface area (TPSA) is 27.8 Å². The van der Waals surface area contributed by atoms with Gasteiger partial charge >= 0.3 is 0 Å². The van der Waals surface area contributed by atoms with Crippen molar-refractivity contribution in [2.75, 3.05) is 0 Å². The first kappa shape index (κ1) is 10.4. The van der Waals surface area contributed by atoms with Crippen LogP contribution in [0.25, 0.3) is 23.2 Å². The molecule has 19 heavy (non-hydrogen) atoms. The minimum Gasteiger partial charge on any atom is -0.379 e. The van der Waals surface area contributed by atoms with Crippen molar-refractivity contribution in [1.82, 2.24) is 10.3 Å². The van der Waals surface area contributed by atoms with Crippen LogP contribution in [-0.2, 0) is 0 Å². The minimum absolute atomic E-state index is 0.243. The summed E-state index contributed by atoms with van der Waals surface area (Å²) in [6, 6.07) is 19.2. The molecule has 1 atom stereocenters. The number of aromatic nitrogens is 1. The van der Waals surface area contributed by atoms with E-state index in [0.29, 0.717) is 0 Å². The molecule has 0 bridgehead atoms. The van der Waals surface area contributed by atoms with Gasteiger partial charge in [0.15, 0.2) is 0 Å². The molecule has 2 N–H and O–H groups in total. The van der Waals surface area contributed by atoms with Crippen molar-refractivity contribution in [2.24, 2.45) is 0 Å². The normalized spacial score (nSPS) is 17.2. The van der Waals surface area contributed by atoms with Crippen molar-refractivity contribution in [1.29, 1.82) is 0 Å². The highest BCUT2D eigenvalue weighted by molar-refractivity contribution is 5.81. The van der Waals surface area contributed by atoms with Crippen molar-refractivity contribution in [3.05, 3.63) is 70.7 Å². The lowest BCUT2D eigenvalue weighted by molar-refractivity contribution is 0.812. The molecule has 2 heterocycles.